The molecule has 10 nitrogen and oxygen atoms in total. The summed E-state index contributed by atoms with van der Waals surface area (Å²) in [6, 6.07) is 26.3. The molecule has 5 heterocycles. The lowest BCUT2D eigenvalue weighted by Crippen LogP contribution is -2.49. The molecule has 0 spiro atoms. The van der Waals surface area contributed by atoms with E-state index in [1.54, 1.807) is 21.7 Å². The number of hydrogen-bond acceptors (Lipinski definition) is 6. The summed E-state index contributed by atoms with van der Waals surface area (Å²) in [6.45, 7) is 3.03. The Morgan fingerprint density at radius 1 is 0.882 bits per heavy atom. The number of benzene rings is 4. The number of nitrogens with zero attached hydrogens (tertiary/aromatic N) is 4. The Kier molecular flexibility index (Phi) is 7.48. The molecule has 2 aromatic heterocycles. The van der Waals surface area contributed by atoms with Crippen LogP contribution in [-0.4, -0.2) is 71.6 Å². The van der Waals surface area contributed by atoms with E-state index in [0.29, 0.717) is 62.6 Å². The van der Waals surface area contributed by atoms with Crippen molar-refractivity contribution in [2.75, 3.05) is 49.1 Å². The molecule has 51 heavy (non-hydrogen) atoms. The lowest BCUT2D eigenvalue weighted by atomic mass is 10.0. The molecule has 2 amide bonds. The highest BCUT2D eigenvalue weighted by molar-refractivity contribution is 6.01. The highest BCUT2D eigenvalue weighted by Gasteiger charge is 2.34. The lowest BCUT2D eigenvalue weighted by molar-refractivity contribution is -0.121. The van der Waals surface area contributed by atoms with E-state index in [0.717, 1.165) is 22.2 Å². The molecule has 2 N–H and O–H groups in total. The van der Waals surface area contributed by atoms with Gasteiger partial charge in [-0.3, -0.25) is 14.4 Å². The molecule has 3 aliphatic heterocycles. The van der Waals surface area contributed by atoms with Crippen LogP contribution in [0.4, 0.5) is 15.8 Å². The summed E-state index contributed by atoms with van der Waals surface area (Å²) in [5.74, 6) is -0.391. The molecule has 1 unspecified atom stereocenters. The van der Waals surface area contributed by atoms with Gasteiger partial charge in [0, 0.05) is 74.3 Å². The Balaban J connectivity index is 1.01. The molecule has 1 atom stereocenters. The van der Waals surface area contributed by atoms with Crippen LogP contribution in [0.1, 0.15) is 22.3 Å². The fourth-order valence-electron chi connectivity index (χ4n) is 7.79. The largest absolute Gasteiger partial charge is 0.451 e. The minimum atomic E-state index is -0.618. The van der Waals surface area contributed by atoms with E-state index in [1.807, 2.05) is 83.9 Å². The molecule has 256 valence electrons. The summed E-state index contributed by atoms with van der Waals surface area (Å²) in [4.78, 5) is 50.1. The molecule has 0 aliphatic carbocycles. The van der Waals surface area contributed by atoms with Gasteiger partial charge in [-0.05, 0) is 48.4 Å². The van der Waals surface area contributed by atoms with Crippen LogP contribution in [-0.2, 0) is 11.2 Å². The predicted octanol–water partition coefficient (Wildman–Crippen LogP) is 5.62. The SMILES string of the molecule is O=C(Cc1c[nH]c2ccccc12)NC1CCN(c2c(F)cc3c(=O)c(C(=O)N4CCN(c5ccccc5)CC4)cn4c3c2Oc2ccccc2-4)C1. The molecule has 9 rings (SSSR count). The highest BCUT2D eigenvalue weighted by Crippen LogP contribution is 2.47. The average molecular weight is 683 g/mol. The number of aromatic nitrogens is 2. The van der Waals surface area contributed by atoms with Gasteiger partial charge in [-0.15, -0.1) is 0 Å². The summed E-state index contributed by atoms with van der Waals surface area (Å²) < 4.78 is 24.5. The highest BCUT2D eigenvalue weighted by atomic mass is 19.1. The number of carbonyl (C=O) groups excluding carboxylic acids is 2. The van der Waals surface area contributed by atoms with E-state index in [9.17, 15) is 14.4 Å². The van der Waals surface area contributed by atoms with Crippen molar-refractivity contribution in [2.45, 2.75) is 18.9 Å². The van der Waals surface area contributed by atoms with E-state index < -0.39 is 11.2 Å². The third-order valence-corrected chi connectivity index (χ3v) is 10.3. The number of rotatable bonds is 6. The number of halogens is 1. The molecule has 2 saturated heterocycles. The van der Waals surface area contributed by atoms with E-state index in [-0.39, 0.29) is 46.7 Å². The van der Waals surface area contributed by atoms with E-state index >= 15 is 4.39 Å². The topological polar surface area (TPSA) is 103 Å². The Labute approximate surface area is 292 Å². The molecule has 0 saturated carbocycles. The first-order valence-electron chi connectivity index (χ1n) is 17.3. The quantitative estimate of drug-likeness (QED) is 0.236. The minimum Gasteiger partial charge on any atom is -0.451 e. The molecule has 11 heteroatoms. The van der Waals surface area contributed by atoms with Gasteiger partial charge in [0.05, 0.1) is 17.5 Å². The maximum absolute atomic E-state index is 16.4. The van der Waals surface area contributed by atoms with Crippen LogP contribution < -0.4 is 25.3 Å². The molecule has 6 aromatic rings. The van der Waals surface area contributed by atoms with Crippen LogP contribution in [0.15, 0.2) is 102 Å². The maximum atomic E-state index is 16.4. The van der Waals surface area contributed by atoms with Gasteiger partial charge < -0.3 is 34.3 Å². The second-order valence-electron chi connectivity index (χ2n) is 13.4. The van der Waals surface area contributed by atoms with Crippen molar-refractivity contribution in [3.63, 3.8) is 0 Å². The number of ether oxygens (including phenoxy) is 1. The molecular weight excluding hydrogens is 647 g/mol. The monoisotopic (exact) mass is 682 g/mol. The molecule has 0 radical (unpaired) electrons. The van der Waals surface area contributed by atoms with Crippen molar-refractivity contribution in [3.05, 3.63) is 124 Å². The van der Waals surface area contributed by atoms with Crippen LogP contribution in [0.2, 0.25) is 0 Å². The second-order valence-corrected chi connectivity index (χ2v) is 13.4. The zero-order chi connectivity index (χ0) is 34.6. The molecule has 3 aliphatic rings. The average Bonchev–Trinajstić information content (AvgIpc) is 3.79. The van der Waals surface area contributed by atoms with E-state index in [2.05, 4.69) is 15.2 Å². The minimum absolute atomic E-state index is 0.00962. The maximum Gasteiger partial charge on any atom is 0.259 e. The summed E-state index contributed by atoms with van der Waals surface area (Å²) in [5.41, 5.74) is 3.74. The standard InChI is InChI=1S/C40H35FN6O4/c41-31-21-29-36-39(37(31)46-15-14-26(23-46)43-35(48)20-25-22-42-32-11-5-4-10-28(25)32)51-34-13-7-6-12-33(34)47(36)24-30(38(29)49)40(50)45-18-16-44(17-19-45)27-8-2-1-3-9-27/h1-13,21-22,24,26,42H,14-20,23H2,(H,43,48). The number of H-pyrrole nitrogens is 1. The fraction of sp³-hybridized carbons (Fsp3) is 0.225. The number of anilines is 2. The number of hydrogen-bond donors (Lipinski definition) is 2. The summed E-state index contributed by atoms with van der Waals surface area (Å²) in [6.07, 6.45) is 4.29. The van der Waals surface area contributed by atoms with Crippen molar-refractivity contribution in [3.8, 4) is 17.2 Å². The number of aromatic amines is 1. The first-order chi connectivity index (χ1) is 24.9. The molecule has 4 aromatic carbocycles. The van der Waals surface area contributed by atoms with Crippen LogP contribution in [0.5, 0.6) is 11.5 Å². The Hall–Kier alpha value is -6.10. The molecule has 0 bridgehead atoms. The van der Waals surface area contributed by atoms with Crippen molar-refractivity contribution in [1.29, 1.82) is 0 Å². The molecule has 2 fully saturated rings. The van der Waals surface area contributed by atoms with Gasteiger partial charge in [0.2, 0.25) is 11.3 Å². The van der Waals surface area contributed by atoms with Crippen molar-refractivity contribution >= 4 is 45.0 Å². The summed E-state index contributed by atoms with van der Waals surface area (Å²) >= 11 is 0. The summed E-state index contributed by atoms with van der Waals surface area (Å²) in [7, 11) is 0. The van der Waals surface area contributed by atoms with Gasteiger partial charge in [-0.1, -0.05) is 48.5 Å². The number of amides is 2. The number of para-hydroxylation sites is 4. The fourth-order valence-corrected chi connectivity index (χ4v) is 7.79. The van der Waals surface area contributed by atoms with Gasteiger partial charge in [-0.2, -0.15) is 0 Å². The third kappa shape index (κ3) is 5.36. The number of nitrogens with one attached hydrogen (secondary N) is 2. The van der Waals surface area contributed by atoms with Gasteiger partial charge in [0.1, 0.15) is 16.8 Å². The van der Waals surface area contributed by atoms with E-state index in [4.69, 9.17) is 4.74 Å². The number of piperazine rings is 1. The Morgan fingerprint density at radius 3 is 2.49 bits per heavy atom. The van der Waals surface area contributed by atoms with Gasteiger partial charge >= 0.3 is 0 Å². The Bertz CT molecular complexity index is 2400. The molecular formula is C40H35FN6O4. The zero-order valence-electron chi connectivity index (χ0n) is 27.8. The van der Waals surface area contributed by atoms with Crippen LogP contribution >= 0.6 is 0 Å². The number of fused-ring (bicyclic) bond motifs is 3. The smallest absolute Gasteiger partial charge is 0.259 e. The lowest BCUT2D eigenvalue weighted by Gasteiger charge is -2.36. The van der Waals surface area contributed by atoms with E-state index in [1.165, 1.54) is 6.07 Å². The summed E-state index contributed by atoms with van der Waals surface area (Å²) in [5, 5.41) is 4.22. The van der Waals surface area contributed by atoms with Crippen molar-refractivity contribution < 1.29 is 18.7 Å². The predicted molar refractivity (Wildman–Crippen MR) is 195 cm³/mol. The Morgan fingerprint density at radius 2 is 1.65 bits per heavy atom. The number of carbonyl (C=O) groups is 2. The first kappa shape index (κ1) is 30.9. The first-order valence-corrected chi connectivity index (χ1v) is 17.3. The van der Waals surface area contributed by atoms with Crippen molar-refractivity contribution in [2.24, 2.45) is 0 Å². The van der Waals surface area contributed by atoms with Crippen LogP contribution in [0.3, 0.4) is 0 Å². The van der Waals surface area contributed by atoms with Gasteiger partial charge in [-0.25, -0.2) is 4.39 Å². The zero-order valence-corrected chi connectivity index (χ0v) is 27.8. The number of pyridine rings is 1. The van der Waals surface area contributed by atoms with Crippen molar-refractivity contribution in [1.82, 2.24) is 19.8 Å². The normalized spacial score (nSPS) is 16.7. The van der Waals surface area contributed by atoms with Gasteiger partial charge in [0.15, 0.2) is 17.3 Å². The van der Waals surface area contributed by atoms with Crippen LogP contribution in [0.25, 0.3) is 27.5 Å². The second kappa shape index (κ2) is 12.3. The third-order valence-electron chi connectivity index (χ3n) is 10.3. The van der Waals surface area contributed by atoms with Gasteiger partial charge in [0.25, 0.3) is 5.91 Å². The van der Waals surface area contributed by atoms with Crippen LogP contribution in [0, 0.1) is 5.82 Å².